The molecule has 1 amide bonds. The van der Waals surface area contributed by atoms with Crippen molar-refractivity contribution in [1.82, 2.24) is 4.90 Å². The maximum absolute atomic E-state index is 12.1. The molecule has 0 aromatic heterocycles. The van der Waals surface area contributed by atoms with Gasteiger partial charge in [-0.25, -0.2) is 0 Å². The van der Waals surface area contributed by atoms with Gasteiger partial charge in [-0.2, -0.15) is 0 Å². The minimum Gasteiger partial charge on any atom is -0.484 e. The van der Waals surface area contributed by atoms with E-state index in [1.165, 1.54) is 5.56 Å². The largest absolute Gasteiger partial charge is 0.484 e. The Labute approximate surface area is 120 Å². The second-order valence-corrected chi connectivity index (χ2v) is 5.32. The van der Waals surface area contributed by atoms with Crippen molar-refractivity contribution in [2.45, 2.75) is 26.2 Å². The van der Waals surface area contributed by atoms with Crippen molar-refractivity contribution < 1.29 is 14.6 Å². The van der Waals surface area contributed by atoms with Gasteiger partial charge < -0.3 is 14.7 Å². The summed E-state index contributed by atoms with van der Waals surface area (Å²) < 4.78 is 5.54. The Morgan fingerprint density at radius 1 is 1.40 bits per heavy atom. The molecule has 0 aliphatic carbocycles. The van der Waals surface area contributed by atoms with Gasteiger partial charge in [0, 0.05) is 19.7 Å². The molecule has 1 aliphatic rings. The lowest BCUT2D eigenvalue weighted by Gasteiger charge is -2.31. The molecule has 0 saturated carbocycles. The molecule has 1 aromatic carbocycles. The minimum absolute atomic E-state index is 0.00252. The van der Waals surface area contributed by atoms with E-state index in [2.05, 4.69) is 6.92 Å². The molecule has 0 bridgehead atoms. The van der Waals surface area contributed by atoms with Crippen molar-refractivity contribution in [2.24, 2.45) is 5.92 Å². The van der Waals surface area contributed by atoms with Gasteiger partial charge in [0.05, 0.1) is 0 Å². The Balaban J connectivity index is 1.81. The lowest BCUT2D eigenvalue weighted by atomic mass is 9.99. The molecule has 0 radical (unpaired) electrons. The highest BCUT2D eigenvalue weighted by molar-refractivity contribution is 5.77. The molecule has 1 saturated heterocycles. The molecule has 20 heavy (non-hydrogen) atoms. The summed E-state index contributed by atoms with van der Waals surface area (Å²) in [6.07, 6.45) is 2.96. The Bertz CT molecular complexity index is 430. The monoisotopic (exact) mass is 277 g/mol. The Morgan fingerprint density at radius 2 is 2.15 bits per heavy atom. The number of aryl methyl sites for hydroxylation is 1. The standard InChI is InChI=1S/C16H23NO3/c1-2-13-5-7-15(8-6-13)20-12-16(19)17-9-3-4-14(10-17)11-18/h5-8,14,18H,2-4,9-12H2,1H3. The number of carbonyl (C=O) groups is 1. The zero-order valence-electron chi connectivity index (χ0n) is 12.0. The van der Waals surface area contributed by atoms with Crippen molar-refractivity contribution in [1.29, 1.82) is 0 Å². The first-order valence-electron chi connectivity index (χ1n) is 7.33. The third kappa shape index (κ3) is 3.97. The first-order chi connectivity index (χ1) is 9.72. The van der Waals surface area contributed by atoms with Gasteiger partial charge in [0.15, 0.2) is 6.61 Å². The van der Waals surface area contributed by atoms with Gasteiger partial charge in [0.25, 0.3) is 5.91 Å². The maximum Gasteiger partial charge on any atom is 0.260 e. The van der Waals surface area contributed by atoms with Crippen LogP contribution in [0.3, 0.4) is 0 Å². The van der Waals surface area contributed by atoms with Crippen LogP contribution in [-0.4, -0.2) is 42.2 Å². The first kappa shape index (κ1) is 14.9. The Hall–Kier alpha value is -1.55. The average Bonchev–Trinajstić information content (AvgIpc) is 2.53. The van der Waals surface area contributed by atoms with Crippen LogP contribution in [0.15, 0.2) is 24.3 Å². The van der Waals surface area contributed by atoms with E-state index in [1.807, 2.05) is 24.3 Å². The van der Waals surface area contributed by atoms with Gasteiger partial charge in [-0.1, -0.05) is 19.1 Å². The number of likely N-dealkylation sites (tertiary alicyclic amines) is 1. The zero-order valence-corrected chi connectivity index (χ0v) is 12.0. The van der Waals surface area contributed by atoms with E-state index < -0.39 is 0 Å². The summed E-state index contributed by atoms with van der Waals surface area (Å²) in [7, 11) is 0. The van der Waals surface area contributed by atoms with Crippen LogP contribution in [-0.2, 0) is 11.2 Å². The van der Waals surface area contributed by atoms with E-state index in [0.717, 1.165) is 31.6 Å². The third-order valence-electron chi connectivity index (χ3n) is 3.82. The summed E-state index contributed by atoms with van der Waals surface area (Å²) >= 11 is 0. The van der Waals surface area contributed by atoms with Crippen molar-refractivity contribution >= 4 is 5.91 Å². The molecule has 0 spiro atoms. The van der Waals surface area contributed by atoms with Crippen molar-refractivity contribution in [3.05, 3.63) is 29.8 Å². The number of hydrogen-bond donors (Lipinski definition) is 1. The smallest absolute Gasteiger partial charge is 0.260 e. The molecule has 2 rings (SSSR count). The number of hydrogen-bond acceptors (Lipinski definition) is 3. The van der Waals surface area contributed by atoms with Crippen molar-refractivity contribution in [3.8, 4) is 5.75 Å². The summed E-state index contributed by atoms with van der Waals surface area (Å²) in [4.78, 5) is 13.9. The number of carbonyl (C=O) groups excluding carboxylic acids is 1. The Morgan fingerprint density at radius 3 is 2.80 bits per heavy atom. The molecule has 110 valence electrons. The number of piperidine rings is 1. The lowest BCUT2D eigenvalue weighted by Crippen LogP contribution is -2.43. The molecule has 1 atom stereocenters. The predicted molar refractivity (Wildman–Crippen MR) is 77.7 cm³/mol. The second kappa shape index (κ2) is 7.29. The van der Waals surface area contributed by atoms with Crippen LogP contribution in [0.5, 0.6) is 5.75 Å². The highest BCUT2D eigenvalue weighted by Gasteiger charge is 2.23. The first-order valence-corrected chi connectivity index (χ1v) is 7.33. The van der Waals surface area contributed by atoms with E-state index in [0.29, 0.717) is 6.54 Å². The third-order valence-corrected chi connectivity index (χ3v) is 3.82. The quantitative estimate of drug-likeness (QED) is 0.893. The highest BCUT2D eigenvalue weighted by atomic mass is 16.5. The average molecular weight is 277 g/mol. The lowest BCUT2D eigenvalue weighted by molar-refractivity contribution is -0.135. The molecule has 1 aromatic rings. The fraction of sp³-hybridized carbons (Fsp3) is 0.562. The van der Waals surface area contributed by atoms with Crippen LogP contribution in [0.2, 0.25) is 0 Å². The topological polar surface area (TPSA) is 49.8 Å². The summed E-state index contributed by atoms with van der Waals surface area (Å²) in [5, 5.41) is 9.18. The van der Waals surface area contributed by atoms with Crippen LogP contribution in [0, 0.1) is 5.92 Å². The van der Waals surface area contributed by atoms with Crippen LogP contribution >= 0.6 is 0 Å². The van der Waals surface area contributed by atoms with Crippen molar-refractivity contribution in [2.75, 3.05) is 26.3 Å². The number of rotatable bonds is 5. The van der Waals surface area contributed by atoms with Gasteiger partial charge in [-0.15, -0.1) is 0 Å². The van der Waals surface area contributed by atoms with E-state index >= 15 is 0 Å². The minimum atomic E-state index is 0.00252. The Kier molecular flexibility index (Phi) is 5.41. The molecule has 1 N–H and O–H groups in total. The molecule has 1 fully saturated rings. The molecular weight excluding hydrogens is 254 g/mol. The van der Waals surface area contributed by atoms with E-state index in [1.54, 1.807) is 4.90 Å². The van der Waals surface area contributed by atoms with E-state index in [4.69, 9.17) is 4.74 Å². The number of ether oxygens (including phenoxy) is 1. The molecular formula is C16H23NO3. The maximum atomic E-state index is 12.1. The van der Waals surface area contributed by atoms with Gasteiger partial charge in [-0.3, -0.25) is 4.79 Å². The zero-order chi connectivity index (χ0) is 14.4. The van der Waals surface area contributed by atoms with E-state index in [9.17, 15) is 9.90 Å². The van der Waals surface area contributed by atoms with Crippen molar-refractivity contribution in [3.63, 3.8) is 0 Å². The SMILES string of the molecule is CCc1ccc(OCC(=O)N2CCCC(CO)C2)cc1. The number of benzene rings is 1. The van der Waals surface area contributed by atoms with E-state index in [-0.39, 0.29) is 25.0 Å². The van der Waals surface area contributed by atoms with Crippen LogP contribution in [0.25, 0.3) is 0 Å². The van der Waals surface area contributed by atoms with Gasteiger partial charge >= 0.3 is 0 Å². The summed E-state index contributed by atoms with van der Waals surface area (Å²) in [6.45, 7) is 3.75. The molecule has 4 heteroatoms. The number of amides is 1. The molecule has 1 unspecified atom stereocenters. The van der Waals surface area contributed by atoms with Gasteiger partial charge in [-0.05, 0) is 42.9 Å². The second-order valence-electron chi connectivity index (χ2n) is 5.32. The molecule has 4 nitrogen and oxygen atoms in total. The summed E-state index contributed by atoms with van der Waals surface area (Å²) in [6, 6.07) is 7.84. The van der Waals surface area contributed by atoms with Crippen LogP contribution < -0.4 is 4.74 Å². The number of aliphatic hydroxyl groups excluding tert-OH is 1. The number of nitrogens with zero attached hydrogens (tertiary/aromatic N) is 1. The normalized spacial score (nSPS) is 18.9. The fourth-order valence-corrected chi connectivity index (χ4v) is 2.50. The highest BCUT2D eigenvalue weighted by Crippen LogP contribution is 2.17. The van der Waals surface area contributed by atoms with Gasteiger partial charge in [0.1, 0.15) is 5.75 Å². The fourth-order valence-electron chi connectivity index (χ4n) is 2.50. The number of aliphatic hydroxyl groups is 1. The van der Waals surface area contributed by atoms with Crippen LogP contribution in [0.4, 0.5) is 0 Å². The predicted octanol–water partition coefficient (Wildman–Crippen LogP) is 1.86. The van der Waals surface area contributed by atoms with Gasteiger partial charge in [0.2, 0.25) is 0 Å². The molecule has 1 aliphatic heterocycles. The van der Waals surface area contributed by atoms with Crippen LogP contribution in [0.1, 0.15) is 25.3 Å². The summed E-state index contributed by atoms with van der Waals surface area (Å²) in [5.74, 6) is 0.950. The summed E-state index contributed by atoms with van der Waals surface area (Å²) in [5.41, 5.74) is 1.26. The molecule has 1 heterocycles.